The minimum Gasteiger partial charge on any atom is -0.368 e. The molecule has 0 saturated carbocycles. The average Bonchev–Trinajstić information content (AvgIpc) is 3.76. The highest BCUT2D eigenvalue weighted by Gasteiger charge is 2.42. The van der Waals surface area contributed by atoms with E-state index in [4.69, 9.17) is 16.7 Å². The summed E-state index contributed by atoms with van der Waals surface area (Å²) in [5.74, 6) is -5.14. The van der Waals surface area contributed by atoms with Crippen LogP contribution in [0.5, 0.6) is 0 Å². The molecule has 21 nitrogen and oxygen atoms in total. The molecule has 340 valence electrons. The number of hydrogen-bond acceptors (Lipinski definition) is 13. The van der Waals surface area contributed by atoms with Crippen LogP contribution in [0.1, 0.15) is 90.9 Å². The molecule has 2 aliphatic rings. The Bertz CT molecular complexity index is 1480. The fraction of sp³-hybridized carbons (Fsp3) is 0.757. The minimum absolute atomic E-state index is 0.0218. The van der Waals surface area contributed by atoms with Crippen molar-refractivity contribution in [3.63, 3.8) is 0 Å². The highest BCUT2D eigenvalue weighted by Crippen LogP contribution is 2.33. The SMILES string of the molecule is CC(C)CC(CC(=O)NO)C(=O)N[C@@H](CS)C(=O)N[C@@H](CCCCN)C(=O)NCC(=O)NCC(=O)N[C@@H](CCCCNC(=O)CCCC[C@@H]1SC[C@@H]2NC(=O)N[C@@H]21)C(N)=O. The van der Waals surface area contributed by atoms with E-state index in [-0.39, 0.29) is 55.0 Å². The number of hydroxylamine groups is 1. The molecule has 7 atom stereocenters. The second kappa shape index (κ2) is 28.2. The van der Waals surface area contributed by atoms with Crippen molar-refractivity contribution in [2.24, 2.45) is 23.3 Å². The third-order valence-electron chi connectivity index (χ3n) is 9.95. The lowest BCUT2D eigenvalue weighted by molar-refractivity contribution is -0.136. The number of thioether (sulfide) groups is 1. The number of nitrogens with one attached hydrogen (secondary N) is 9. The molecule has 0 aromatic carbocycles. The van der Waals surface area contributed by atoms with Crippen LogP contribution in [0.4, 0.5) is 4.79 Å². The lowest BCUT2D eigenvalue weighted by Crippen LogP contribution is -2.56. The van der Waals surface area contributed by atoms with E-state index in [1.54, 1.807) is 0 Å². The fourth-order valence-corrected chi connectivity index (χ4v) is 8.57. The highest BCUT2D eigenvalue weighted by molar-refractivity contribution is 8.00. The first-order chi connectivity index (χ1) is 28.6. The van der Waals surface area contributed by atoms with Gasteiger partial charge in [0, 0.05) is 42.1 Å². The van der Waals surface area contributed by atoms with E-state index in [2.05, 4.69) is 55.2 Å². The lowest BCUT2D eigenvalue weighted by Gasteiger charge is -2.24. The largest absolute Gasteiger partial charge is 0.368 e. The van der Waals surface area contributed by atoms with Crippen LogP contribution in [-0.2, 0) is 38.4 Å². The van der Waals surface area contributed by atoms with E-state index in [1.807, 2.05) is 25.6 Å². The number of amides is 10. The van der Waals surface area contributed by atoms with Crippen molar-refractivity contribution >= 4 is 77.7 Å². The molecule has 2 fully saturated rings. The topological polar surface area (TPSA) is 334 Å². The number of carbonyl (C=O) groups is 9. The Kier molecular flexibility index (Phi) is 24.4. The van der Waals surface area contributed by atoms with E-state index in [1.165, 1.54) is 5.48 Å². The van der Waals surface area contributed by atoms with Gasteiger partial charge in [-0.05, 0) is 70.3 Å². The molecule has 2 rings (SSSR count). The summed E-state index contributed by atoms with van der Waals surface area (Å²) in [7, 11) is 0. The monoisotopic (exact) mass is 887 g/mol. The normalized spacial score (nSPS) is 18.7. The zero-order valence-corrected chi connectivity index (χ0v) is 36.2. The van der Waals surface area contributed by atoms with Gasteiger partial charge in [-0.25, -0.2) is 10.3 Å². The van der Waals surface area contributed by atoms with Crippen LogP contribution in [0.2, 0.25) is 0 Å². The van der Waals surface area contributed by atoms with Crippen LogP contribution in [0.3, 0.4) is 0 Å². The summed E-state index contributed by atoms with van der Waals surface area (Å²) < 4.78 is 0. The molecule has 10 amide bonds. The molecule has 1 unspecified atom stereocenters. The predicted molar refractivity (Wildman–Crippen MR) is 226 cm³/mol. The van der Waals surface area contributed by atoms with Gasteiger partial charge in [-0.3, -0.25) is 43.6 Å². The second-order valence-corrected chi connectivity index (χ2v) is 17.0. The number of unbranched alkanes of at least 4 members (excludes halogenated alkanes) is 3. The first-order valence-electron chi connectivity index (χ1n) is 20.5. The number of hydrogen-bond donors (Lipinski definition) is 13. The Balaban J connectivity index is 1.72. The Hall–Kier alpha value is -4.35. The maximum absolute atomic E-state index is 13.2. The maximum Gasteiger partial charge on any atom is 0.315 e. The summed E-state index contributed by atoms with van der Waals surface area (Å²) in [5, 5.41) is 30.4. The molecule has 0 aliphatic carbocycles. The zero-order valence-electron chi connectivity index (χ0n) is 34.5. The minimum atomic E-state index is -1.18. The third-order valence-corrected chi connectivity index (χ3v) is 11.8. The van der Waals surface area contributed by atoms with Crippen molar-refractivity contribution in [2.45, 2.75) is 126 Å². The molecular weight excluding hydrogens is 823 g/mol. The van der Waals surface area contributed by atoms with E-state index in [0.717, 1.165) is 25.0 Å². The summed E-state index contributed by atoms with van der Waals surface area (Å²) >= 11 is 6.01. The number of carbonyl (C=O) groups excluding carboxylic acids is 9. The molecule has 0 bridgehead atoms. The van der Waals surface area contributed by atoms with Crippen molar-refractivity contribution in [1.29, 1.82) is 0 Å². The van der Waals surface area contributed by atoms with Gasteiger partial charge in [0.1, 0.15) is 18.1 Å². The number of thiol groups is 1. The van der Waals surface area contributed by atoms with Crippen molar-refractivity contribution in [1.82, 2.24) is 48.0 Å². The van der Waals surface area contributed by atoms with Crippen LogP contribution < -0.4 is 59.5 Å². The van der Waals surface area contributed by atoms with Crippen LogP contribution in [0.15, 0.2) is 0 Å². The Morgan fingerprint density at radius 2 is 1.47 bits per heavy atom. The summed E-state index contributed by atoms with van der Waals surface area (Å²) in [5.41, 5.74) is 12.6. The molecule has 0 aromatic rings. The van der Waals surface area contributed by atoms with Gasteiger partial charge in [-0.2, -0.15) is 24.4 Å². The quantitative estimate of drug-likeness (QED) is 0.0120. The molecule has 2 aliphatic heterocycles. The lowest BCUT2D eigenvalue weighted by atomic mass is 9.92. The van der Waals surface area contributed by atoms with Gasteiger partial charge in [-0.1, -0.05) is 20.3 Å². The van der Waals surface area contributed by atoms with Gasteiger partial charge in [0.25, 0.3) is 0 Å². The van der Waals surface area contributed by atoms with Gasteiger partial charge in [0.15, 0.2) is 0 Å². The molecule has 14 N–H and O–H groups in total. The summed E-state index contributed by atoms with van der Waals surface area (Å²) in [6.45, 7) is 3.35. The maximum atomic E-state index is 13.2. The molecule has 0 radical (unpaired) electrons. The molecule has 2 saturated heterocycles. The molecule has 60 heavy (non-hydrogen) atoms. The Morgan fingerprint density at radius 1 is 0.783 bits per heavy atom. The summed E-state index contributed by atoms with van der Waals surface area (Å²) in [6, 6.07) is -3.12. The standard InChI is InChI=1S/C37H65N11O10S2/c1-21(2)15-22(16-29(50)48-58)34(54)45-25(19-59)36(56)44-24(10-5-7-13-38)35(55)42-17-30(51)41-18-31(52)43-23(33(39)53)9-6-8-14-40-28(49)12-4-3-11-27-32-26(20-60-27)46-37(57)47-32/h21-27,32,58-59H,3-20,38H2,1-2H3,(H2,39,53)(H,40,49)(H,41,51)(H,42,55)(H,43,52)(H,44,56)(H,45,54)(H,48,50)(H2,46,47,57)/t22?,23-,24-,25-,26-,27-,32-/m0/s1. The second-order valence-electron chi connectivity index (χ2n) is 15.4. The number of primary amides is 1. The van der Waals surface area contributed by atoms with Gasteiger partial charge >= 0.3 is 6.03 Å². The number of nitrogens with two attached hydrogens (primary N) is 2. The molecule has 2 heterocycles. The Labute approximate surface area is 360 Å². The molecule has 0 spiro atoms. The highest BCUT2D eigenvalue weighted by atomic mass is 32.2. The third kappa shape index (κ3) is 19.8. The summed E-state index contributed by atoms with van der Waals surface area (Å²) in [4.78, 5) is 112. The number of rotatable bonds is 30. The van der Waals surface area contributed by atoms with Crippen LogP contribution >= 0.6 is 24.4 Å². The van der Waals surface area contributed by atoms with Gasteiger partial charge in [-0.15, -0.1) is 0 Å². The first kappa shape index (κ1) is 51.8. The smallest absolute Gasteiger partial charge is 0.315 e. The van der Waals surface area contributed by atoms with E-state index in [9.17, 15) is 43.2 Å². The fourth-order valence-electron chi connectivity index (χ4n) is 6.77. The molecule has 0 aromatic heterocycles. The van der Waals surface area contributed by atoms with E-state index >= 15 is 0 Å². The molecular formula is C37H65N11O10S2. The van der Waals surface area contributed by atoms with E-state index in [0.29, 0.717) is 56.9 Å². The van der Waals surface area contributed by atoms with Crippen LogP contribution in [0, 0.1) is 11.8 Å². The van der Waals surface area contributed by atoms with Gasteiger partial charge in [0.2, 0.25) is 47.3 Å². The Morgan fingerprint density at radius 3 is 2.13 bits per heavy atom. The molecule has 23 heteroatoms. The van der Waals surface area contributed by atoms with Gasteiger partial charge < -0.3 is 54.0 Å². The van der Waals surface area contributed by atoms with Crippen molar-refractivity contribution in [2.75, 3.05) is 37.7 Å². The number of fused-ring (bicyclic) bond motifs is 1. The average molecular weight is 888 g/mol. The van der Waals surface area contributed by atoms with Crippen molar-refractivity contribution in [3.8, 4) is 0 Å². The van der Waals surface area contributed by atoms with Crippen molar-refractivity contribution < 1.29 is 48.4 Å². The predicted octanol–water partition coefficient (Wildman–Crippen LogP) is -2.21. The van der Waals surface area contributed by atoms with Gasteiger partial charge in [0.05, 0.1) is 25.2 Å². The van der Waals surface area contributed by atoms with E-state index < -0.39 is 78.5 Å². The zero-order chi connectivity index (χ0) is 44.6. The first-order valence-corrected chi connectivity index (χ1v) is 22.2. The number of urea groups is 1. The van der Waals surface area contributed by atoms with Crippen LogP contribution in [0.25, 0.3) is 0 Å². The summed E-state index contributed by atoms with van der Waals surface area (Å²) in [6.07, 6.45) is 5.25. The van der Waals surface area contributed by atoms with Crippen LogP contribution in [-0.4, -0.2) is 132 Å². The van der Waals surface area contributed by atoms with Crippen molar-refractivity contribution in [3.05, 3.63) is 0 Å².